The second-order valence-electron chi connectivity index (χ2n) is 6.83. The zero-order valence-corrected chi connectivity index (χ0v) is 17.1. The minimum atomic E-state index is -0.663. The molecule has 0 unspecified atom stereocenters. The Balaban J connectivity index is 1.27. The van der Waals surface area contributed by atoms with E-state index < -0.39 is 11.9 Å². The Morgan fingerprint density at radius 2 is 1.80 bits per heavy atom. The van der Waals surface area contributed by atoms with Gasteiger partial charge in [0.15, 0.2) is 23.1 Å². The van der Waals surface area contributed by atoms with Crippen molar-refractivity contribution in [3.63, 3.8) is 0 Å². The Labute approximate surface area is 178 Å². The number of benzene rings is 1. The van der Waals surface area contributed by atoms with Crippen LogP contribution in [-0.4, -0.2) is 46.5 Å². The largest absolute Gasteiger partial charge is 0.451 e. The summed E-state index contributed by atoms with van der Waals surface area (Å²) < 4.78 is 5.07. The van der Waals surface area contributed by atoms with Crippen molar-refractivity contribution in [3.05, 3.63) is 53.8 Å². The van der Waals surface area contributed by atoms with E-state index in [2.05, 4.69) is 25.2 Å². The quantitative estimate of drug-likeness (QED) is 0.607. The molecule has 0 aliphatic carbocycles. The Bertz CT molecular complexity index is 1000. The van der Waals surface area contributed by atoms with Gasteiger partial charge < -0.3 is 15.0 Å². The number of esters is 1. The van der Waals surface area contributed by atoms with Crippen LogP contribution in [0.25, 0.3) is 10.8 Å². The lowest BCUT2D eigenvalue weighted by Crippen LogP contribution is -2.29. The Kier molecular flexibility index (Phi) is 6.29. The first kappa shape index (κ1) is 20.0. The van der Waals surface area contributed by atoms with Crippen LogP contribution in [0.1, 0.15) is 29.8 Å². The number of aromatic nitrogens is 3. The number of carbonyl (C=O) groups excluding carboxylic acids is 2. The van der Waals surface area contributed by atoms with Gasteiger partial charge in [-0.1, -0.05) is 0 Å². The third-order valence-corrected chi connectivity index (χ3v) is 5.52. The summed E-state index contributed by atoms with van der Waals surface area (Å²) in [6, 6.07) is 9.41. The molecule has 30 heavy (non-hydrogen) atoms. The molecule has 3 heterocycles. The monoisotopic (exact) mass is 423 g/mol. The number of amides is 1. The van der Waals surface area contributed by atoms with Gasteiger partial charge in [-0.15, -0.1) is 11.3 Å². The fraction of sp³-hybridized carbons (Fsp3) is 0.286. The highest BCUT2D eigenvalue weighted by Crippen LogP contribution is 2.22. The van der Waals surface area contributed by atoms with Gasteiger partial charge in [-0.2, -0.15) is 0 Å². The predicted molar refractivity (Wildman–Crippen MR) is 115 cm³/mol. The molecule has 0 saturated carbocycles. The number of thiazole rings is 1. The Hall–Kier alpha value is -3.33. The number of nitrogens with zero attached hydrogens (tertiary/aromatic N) is 4. The van der Waals surface area contributed by atoms with E-state index in [9.17, 15) is 9.59 Å². The molecular formula is C21H21N5O3S. The highest BCUT2D eigenvalue weighted by Gasteiger charge is 2.16. The molecular weight excluding hydrogens is 402 g/mol. The van der Waals surface area contributed by atoms with Crippen molar-refractivity contribution in [2.24, 2.45) is 0 Å². The van der Waals surface area contributed by atoms with E-state index in [1.165, 1.54) is 30.6 Å². The highest BCUT2D eigenvalue weighted by molar-refractivity contribution is 7.13. The summed E-state index contributed by atoms with van der Waals surface area (Å²) >= 11 is 1.24. The van der Waals surface area contributed by atoms with Gasteiger partial charge in [0.25, 0.3) is 5.91 Å². The second-order valence-corrected chi connectivity index (χ2v) is 7.69. The first-order chi connectivity index (χ1) is 14.7. The molecule has 4 rings (SSSR count). The van der Waals surface area contributed by atoms with Crippen LogP contribution in [-0.2, 0) is 9.53 Å². The zero-order valence-electron chi connectivity index (χ0n) is 16.3. The molecule has 9 heteroatoms. The van der Waals surface area contributed by atoms with Crippen LogP contribution in [0.5, 0.6) is 0 Å². The van der Waals surface area contributed by atoms with Gasteiger partial charge >= 0.3 is 5.97 Å². The molecule has 0 spiro atoms. The molecule has 1 amide bonds. The molecule has 0 bridgehead atoms. The minimum absolute atomic E-state index is 0.126. The van der Waals surface area contributed by atoms with Crippen LogP contribution in [0.15, 0.2) is 48.1 Å². The molecule has 154 valence electrons. The van der Waals surface area contributed by atoms with E-state index in [4.69, 9.17) is 4.74 Å². The smallest absolute Gasteiger partial charge is 0.358 e. The van der Waals surface area contributed by atoms with Crippen LogP contribution in [0.4, 0.5) is 11.4 Å². The SMILES string of the molecule is O=C(COC(=O)c1csc(-c2ncccn2)n1)Nc1ccc(N2CCCCC2)cc1. The lowest BCUT2D eigenvalue weighted by molar-refractivity contribution is -0.119. The molecule has 1 N–H and O–H groups in total. The van der Waals surface area contributed by atoms with E-state index in [1.54, 1.807) is 23.8 Å². The molecule has 1 aliphatic heterocycles. The third kappa shape index (κ3) is 4.98. The van der Waals surface area contributed by atoms with Crippen LogP contribution < -0.4 is 10.2 Å². The number of anilines is 2. The maximum absolute atomic E-state index is 12.2. The van der Waals surface area contributed by atoms with Gasteiger partial charge in [0.05, 0.1) is 0 Å². The zero-order chi connectivity index (χ0) is 20.8. The number of hydrogen-bond donors (Lipinski definition) is 1. The fourth-order valence-electron chi connectivity index (χ4n) is 3.19. The molecule has 2 aromatic heterocycles. The molecule has 1 aromatic carbocycles. The van der Waals surface area contributed by atoms with E-state index >= 15 is 0 Å². The summed E-state index contributed by atoms with van der Waals surface area (Å²) in [7, 11) is 0. The van der Waals surface area contributed by atoms with E-state index in [0.29, 0.717) is 16.5 Å². The summed E-state index contributed by atoms with van der Waals surface area (Å²) in [6.45, 7) is 1.74. The maximum atomic E-state index is 12.2. The normalized spacial score (nSPS) is 13.7. The minimum Gasteiger partial charge on any atom is -0.451 e. The lowest BCUT2D eigenvalue weighted by Gasteiger charge is -2.28. The molecule has 0 atom stereocenters. The van der Waals surface area contributed by atoms with Crippen molar-refractivity contribution in [1.82, 2.24) is 15.0 Å². The second kappa shape index (κ2) is 9.45. The number of hydrogen-bond acceptors (Lipinski definition) is 8. The van der Waals surface area contributed by atoms with Crippen LogP contribution >= 0.6 is 11.3 Å². The summed E-state index contributed by atoms with van der Waals surface area (Å²) in [4.78, 5) is 39.0. The van der Waals surface area contributed by atoms with E-state index in [-0.39, 0.29) is 12.3 Å². The summed E-state index contributed by atoms with van der Waals surface area (Å²) in [5.74, 6) is -0.632. The first-order valence-electron chi connectivity index (χ1n) is 9.74. The summed E-state index contributed by atoms with van der Waals surface area (Å²) in [6.07, 6.45) is 6.91. The Morgan fingerprint density at radius 1 is 1.07 bits per heavy atom. The lowest BCUT2D eigenvalue weighted by atomic mass is 10.1. The number of ether oxygens (including phenoxy) is 1. The van der Waals surface area contributed by atoms with Gasteiger partial charge in [-0.05, 0) is 49.6 Å². The number of carbonyl (C=O) groups is 2. The molecule has 1 fully saturated rings. The van der Waals surface area contributed by atoms with Crippen molar-refractivity contribution < 1.29 is 14.3 Å². The first-order valence-corrected chi connectivity index (χ1v) is 10.6. The van der Waals surface area contributed by atoms with Gasteiger partial charge in [0.2, 0.25) is 0 Å². The van der Waals surface area contributed by atoms with Crippen molar-refractivity contribution in [3.8, 4) is 10.8 Å². The van der Waals surface area contributed by atoms with Crippen molar-refractivity contribution in [2.45, 2.75) is 19.3 Å². The Morgan fingerprint density at radius 3 is 2.53 bits per heavy atom. The van der Waals surface area contributed by atoms with Crippen molar-refractivity contribution >= 4 is 34.6 Å². The number of nitrogens with one attached hydrogen (secondary N) is 1. The fourth-order valence-corrected chi connectivity index (χ4v) is 3.92. The van der Waals surface area contributed by atoms with E-state index in [0.717, 1.165) is 18.8 Å². The predicted octanol–water partition coefficient (Wildman–Crippen LogP) is 3.39. The molecule has 3 aromatic rings. The van der Waals surface area contributed by atoms with Crippen molar-refractivity contribution in [1.29, 1.82) is 0 Å². The molecule has 0 radical (unpaired) electrons. The number of rotatable bonds is 6. The third-order valence-electron chi connectivity index (χ3n) is 4.68. The van der Waals surface area contributed by atoms with Crippen LogP contribution in [0, 0.1) is 0 Å². The van der Waals surface area contributed by atoms with Gasteiger partial charge in [-0.3, -0.25) is 4.79 Å². The van der Waals surface area contributed by atoms with Crippen LogP contribution in [0.2, 0.25) is 0 Å². The van der Waals surface area contributed by atoms with Gasteiger partial charge in [0.1, 0.15) is 0 Å². The van der Waals surface area contributed by atoms with Gasteiger partial charge in [-0.25, -0.2) is 19.7 Å². The van der Waals surface area contributed by atoms with E-state index in [1.807, 2.05) is 24.3 Å². The standard InChI is InChI=1S/C21H21N5O3S/c27-18(24-15-5-7-16(8-6-15)26-11-2-1-3-12-26)13-29-21(28)17-14-30-20(25-17)19-22-9-4-10-23-19/h4-10,14H,1-3,11-13H2,(H,24,27). The highest BCUT2D eigenvalue weighted by atomic mass is 32.1. The van der Waals surface area contributed by atoms with Crippen LogP contribution in [0.3, 0.4) is 0 Å². The maximum Gasteiger partial charge on any atom is 0.358 e. The molecule has 1 aliphatic rings. The molecule has 1 saturated heterocycles. The topological polar surface area (TPSA) is 97.3 Å². The average molecular weight is 423 g/mol. The summed E-state index contributed by atoms with van der Waals surface area (Å²) in [5, 5.41) is 4.81. The average Bonchev–Trinajstić information content (AvgIpc) is 3.30. The van der Waals surface area contributed by atoms with Gasteiger partial charge in [0, 0.05) is 42.2 Å². The summed E-state index contributed by atoms with van der Waals surface area (Å²) in [5.41, 5.74) is 1.94. The molecule has 8 nitrogen and oxygen atoms in total. The number of piperidine rings is 1. The van der Waals surface area contributed by atoms with Crippen molar-refractivity contribution in [2.75, 3.05) is 29.9 Å².